The molecule has 4 heteroatoms. The Balaban J connectivity index is 2.14. The number of thioether (sulfide) groups is 1. The van der Waals surface area contributed by atoms with Gasteiger partial charge in [-0.2, -0.15) is 0 Å². The third-order valence-electron chi connectivity index (χ3n) is 3.07. The smallest absolute Gasteiger partial charge is 0.319 e. The predicted octanol–water partition coefficient (Wildman–Crippen LogP) is 4.05. The maximum atomic E-state index is 12.4. The van der Waals surface area contributed by atoms with Crippen LogP contribution in [-0.4, -0.2) is 22.9 Å². The van der Waals surface area contributed by atoms with Crippen LogP contribution in [-0.2, 0) is 9.53 Å². The van der Waals surface area contributed by atoms with Gasteiger partial charge in [-0.1, -0.05) is 55.1 Å². The van der Waals surface area contributed by atoms with Crippen LogP contribution in [0.4, 0.5) is 0 Å². The minimum Gasteiger partial charge on any atom is -0.465 e. The van der Waals surface area contributed by atoms with Crippen molar-refractivity contribution in [1.82, 2.24) is 0 Å². The number of carbonyl (C=O) groups is 2. The highest BCUT2D eigenvalue weighted by Gasteiger charge is 2.21. The first-order valence-corrected chi connectivity index (χ1v) is 7.87. The Hall–Kier alpha value is -1.81. The zero-order valence-corrected chi connectivity index (χ0v) is 13.0. The van der Waals surface area contributed by atoms with Gasteiger partial charge in [-0.3, -0.25) is 9.59 Å². The van der Waals surface area contributed by atoms with E-state index >= 15 is 0 Å². The molecule has 3 nitrogen and oxygen atoms in total. The van der Waals surface area contributed by atoms with Crippen molar-refractivity contribution in [2.45, 2.75) is 25.5 Å². The number of hydrogen-bond acceptors (Lipinski definition) is 4. The number of benzene rings is 2. The molecule has 0 N–H and O–H groups in total. The second-order valence-corrected chi connectivity index (χ2v) is 6.06. The normalized spacial score (nSPS) is 12.1. The lowest BCUT2D eigenvalue weighted by Crippen LogP contribution is -2.19. The summed E-state index contributed by atoms with van der Waals surface area (Å²) in [7, 11) is 0. The van der Waals surface area contributed by atoms with E-state index in [2.05, 4.69) is 0 Å². The third kappa shape index (κ3) is 3.85. The lowest BCUT2D eigenvalue weighted by atomic mass is 10.1. The van der Waals surface area contributed by atoms with Gasteiger partial charge in [-0.05, 0) is 30.2 Å². The summed E-state index contributed by atoms with van der Waals surface area (Å²) in [4.78, 5) is 24.1. The summed E-state index contributed by atoms with van der Waals surface area (Å²) in [6.07, 6.45) is 0.778. The molecule has 0 aliphatic heterocycles. The van der Waals surface area contributed by atoms with Crippen molar-refractivity contribution in [3.8, 4) is 0 Å². The summed E-state index contributed by atoms with van der Waals surface area (Å²) in [6, 6.07) is 13.4. The van der Waals surface area contributed by atoms with Crippen molar-refractivity contribution in [3.05, 3.63) is 48.0 Å². The van der Waals surface area contributed by atoms with Crippen LogP contribution in [0.15, 0.2) is 42.5 Å². The van der Waals surface area contributed by atoms with Crippen LogP contribution >= 0.6 is 11.8 Å². The summed E-state index contributed by atoms with van der Waals surface area (Å²) in [5.74, 6) is -0.338. The van der Waals surface area contributed by atoms with Gasteiger partial charge < -0.3 is 4.74 Å². The molecule has 2 aromatic carbocycles. The molecule has 0 saturated heterocycles. The number of ether oxygens (including phenoxy) is 1. The number of fused-ring (bicyclic) bond motifs is 1. The fraction of sp³-hybridized carbons (Fsp3) is 0.294. The van der Waals surface area contributed by atoms with Crippen LogP contribution in [0, 0.1) is 0 Å². The highest BCUT2D eigenvalue weighted by molar-refractivity contribution is 8.15. The summed E-state index contributed by atoms with van der Waals surface area (Å²) in [5.41, 5.74) is 0.633. The number of hydrogen-bond donors (Lipinski definition) is 0. The van der Waals surface area contributed by atoms with E-state index in [4.69, 9.17) is 4.74 Å². The first kappa shape index (κ1) is 15.6. The quantitative estimate of drug-likeness (QED) is 0.781. The van der Waals surface area contributed by atoms with E-state index in [0.29, 0.717) is 12.2 Å². The first-order chi connectivity index (χ1) is 10.1. The van der Waals surface area contributed by atoms with Gasteiger partial charge in [0.2, 0.25) is 5.12 Å². The van der Waals surface area contributed by atoms with Crippen molar-refractivity contribution in [2.24, 2.45) is 0 Å². The van der Waals surface area contributed by atoms with Gasteiger partial charge in [0, 0.05) is 5.56 Å². The van der Waals surface area contributed by atoms with Crippen molar-refractivity contribution in [2.75, 3.05) is 6.61 Å². The summed E-state index contributed by atoms with van der Waals surface area (Å²) >= 11 is 1.01. The molecule has 110 valence electrons. The van der Waals surface area contributed by atoms with Gasteiger partial charge >= 0.3 is 5.97 Å². The minimum absolute atomic E-state index is 0.104. The molecular formula is C17H18O3S. The zero-order chi connectivity index (χ0) is 15.2. The number of rotatable bonds is 5. The molecule has 0 fully saturated rings. The van der Waals surface area contributed by atoms with E-state index < -0.39 is 5.25 Å². The highest BCUT2D eigenvalue weighted by atomic mass is 32.2. The fourth-order valence-corrected chi connectivity index (χ4v) is 2.79. The van der Waals surface area contributed by atoms with Crippen LogP contribution in [0.3, 0.4) is 0 Å². The minimum atomic E-state index is -0.497. The predicted molar refractivity (Wildman–Crippen MR) is 86.6 cm³/mol. The second kappa shape index (κ2) is 7.27. The molecule has 0 heterocycles. The maximum absolute atomic E-state index is 12.4. The van der Waals surface area contributed by atoms with Crippen molar-refractivity contribution >= 4 is 33.6 Å². The highest BCUT2D eigenvalue weighted by Crippen LogP contribution is 2.25. The van der Waals surface area contributed by atoms with Gasteiger partial charge in [0.1, 0.15) is 5.25 Å². The molecule has 0 aromatic heterocycles. The molecule has 2 rings (SSSR count). The zero-order valence-electron chi connectivity index (χ0n) is 12.2. The SMILES string of the molecule is CCCOC(=O)C(C)SC(=O)c1cccc2ccccc12. The average Bonchev–Trinajstić information content (AvgIpc) is 2.51. The van der Waals surface area contributed by atoms with Gasteiger partial charge in [0.05, 0.1) is 6.61 Å². The molecule has 0 amide bonds. The number of carbonyl (C=O) groups excluding carboxylic acids is 2. The Morgan fingerprint density at radius 2 is 1.86 bits per heavy atom. The van der Waals surface area contributed by atoms with Crippen LogP contribution in [0.5, 0.6) is 0 Å². The molecule has 21 heavy (non-hydrogen) atoms. The van der Waals surface area contributed by atoms with Crippen molar-refractivity contribution in [3.63, 3.8) is 0 Å². The molecule has 0 radical (unpaired) electrons. The van der Waals surface area contributed by atoms with E-state index in [-0.39, 0.29) is 11.1 Å². The fourth-order valence-electron chi connectivity index (χ4n) is 2.00. The molecule has 0 aliphatic rings. The topological polar surface area (TPSA) is 43.4 Å². The molecule has 0 bridgehead atoms. The largest absolute Gasteiger partial charge is 0.465 e. The molecule has 1 unspecified atom stereocenters. The van der Waals surface area contributed by atoms with E-state index in [1.807, 2.05) is 43.3 Å². The standard InChI is InChI=1S/C17H18O3S/c1-3-11-20-16(18)12(2)21-17(19)15-10-6-8-13-7-4-5-9-14(13)15/h4-10,12H,3,11H2,1-2H3. The second-order valence-electron chi connectivity index (χ2n) is 4.74. The Morgan fingerprint density at radius 3 is 2.62 bits per heavy atom. The van der Waals surface area contributed by atoms with E-state index in [0.717, 1.165) is 29.0 Å². The van der Waals surface area contributed by atoms with Crippen LogP contribution in [0.2, 0.25) is 0 Å². The maximum Gasteiger partial charge on any atom is 0.319 e. The summed E-state index contributed by atoms with van der Waals surface area (Å²) in [6.45, 7) is 4.03. The lowest BCUT2D eigenvalue weighted by molar-refractivity contribution is -0.142. The van der Waals surface area contributed by atoms with E-state index in [1.165, 1.54) is 0 Å². The Kier molecular flexibility index (Phi) is 5.39. The van der Waals surface area contributed by atoms with Crippen LogP contribution < -0.4 is 0 Å². The van der Waals surface area contributed by atoms with Gasteiger partial charge in [0.15, 0.2) is 0 Å². The third-order valence-corrected chi connectivity index (χ3v) is 4.05. The molecule has 2 aromatic rings. The first-order valence-electron chi connectivity index (χ1n) is 6.99. The summed E-state index contributed by atoms with van der Waals surface area (Å²) in [5, 5.41) is 1.33. The van der Waals surface area contributed by atoms with Crippen LogP contribution in [0.25, 0.3) is 10.8 Å². The number of esters is 1. The van der Waals surface area contributed by atoms with Crippen molar-refractivity contribution < 1.29 is 14.3 Å². The molecule has 1 atom stereocenters. The Morgan fingerprint density at radius 1 is 1.14 bits per heavy atom. The lowest BCUT2D eigenvalue weighted by Gasteiger charge is -2.11. The Bertz CT molecular complexity index is 646. The van der Waals surface area contributed by atoms with E-state index in [9.17, 15) is 9.59 Å². The van der Waals surface area contributed by atoms with Gasteiger partial charge in [-0.25, -0.2) is 0 Å². The van der Waals surface area contributed by atoms with Crippen molar-refractivity contribution in [1.29, 1.82) is 0 Å². The van der Waals surface area contributed by atoms with E-state index in [1.54, 1.807) is 13.0 Å². The molecule has 0 aliphatic carbocycles. The molecular weight excluding hydrogens is 284 g/mol. The van der Waals surface area contributed by atoms with Crippen LogP contribution in [0.1, 0.15) is 30.6 Å². The average molecular weight is 302 g/mol. The molecule has 0 spiro atoms. The van der Waals surface area contributed by atoms with Gasteiger partial charge in [-0.15, -0.1) is 0 Å². The Labute approximate surface area is 128 Å². The summed E-state index contributed by atoms with van der Waals surface area (Å²) < 4.78 is 5.07. The van der Waals surface area contributed by atoms with Gasteiger partial charge in [0.25, 0.3) is 0 Å². The molecule has 0 saturated carbocycles. The monoisotopic (exact) mass is 302 g/mol.